The van der Waals surface area contributed by atoms with Gasteiger partial charge in [-0.1, -0.05) is 39.8 Å². The molecule has 2 aliphatic rings. The Labute approximate surface area is 363 Å². The highest BCUT2D eigenvalue weighted by atomic mass is 32.2. The van der Waals surface area contributed by atoms with Crippen molar-refractivity contribution in [3.8, 4) is 22.3 Å². The van der Waals surface area contributed by atoms with E-state index in [-0.39, 0.29) is 46.8 Å². The monoisotopic (exact) mass is 903 g/mol. The van der Waals surface area contributed by atoms with Crippen molar-refractivity contribution in [2.24, 2.45) is 5.14 Å². The van der Waals surface area contributed by atoms with Gasteiger partial charge in [0.05, 0.1) is 18.5 Å². The molecule has 0 saturated heterocycles. The molecule has 4 aromatic heterocycles. The minimum Gasteiger partial charge on any atom is -0.481 e. The lowest BCUT2D eigenvalue weighted by Crippen LogP contribution is -2.20. The summed E-state index contributed by atoms with van der Waals surface area (Å²) in [5, 5.41) is 21.1. The lowest BCUT2D eigenvalue weighted by atomic mass is 9.88. The second-order valence-electron chi connectivity index (χ2n) is 15.9. The topological polar surface area (TPSA) is 236 Å². The second-order valence-corrected chi connectivity index (χ2v) is 19.2. The number of aromatic nitrogens is 8. The fraction of sp³-hybridized carbons (Fsp3) is 0.349. The summed E-state index contributed by atoms with van der Waals surface area (Å²) in [5.74, 6) is -2.91. The molecule has 63 heavy (non-hydrogen) atoms. The number of hydrogen-bond donors (Lipinski definition) is 2. The van der Waals surface area contributed by atoms with E-state index in [0.717, 1.165) is 36.8 Å². The molecule has 8 rings (SSSR count). The van der Waals surface area contributed by atoms with Gasteiger partial charge in [0, 0.05) is 42.3 Å². The number of rotatable bonds is 14. The summed E-state index contributed by atoms with van der Waals surface area (Å²) in [4.78, 5) is 39.5. The Morgan fingerprint density at radius 3 is 1.56 bits per heavy atom. The van der Waals surface area contributed by atoms with E-state index in [4.69, 9.17) is 10.2 Å². The number of carboxylic acid groups (broad SMARTS) is 1. The van der Waals surface area contributed by atoms with Crippen LogP contribution in [0.1, 0.15) is 99.6 Å². The second kappa shape index (κ2) is 19.5. The van der Waals surface area contributed by atoms with Gasteiger partial charge in [-0.05, 0) is 107 Å². The summed E-state index contributed by atoms with van der Waals surface area (Å²) >= 11 is 0. The minimum atomic E-state index is -3.96. The predicted molar refractivity (Wildman–Crippen MR) is 228 cm³/mol. The van der Waals surface area contributed by atoms with Crippen LogP contribution in [0.15, 0.2) is 96.3 Å². The quantitative estimate of drug-likeness (QED) is 0.120. The number of halogens is 2. The summed E-state index contributed by atoms with van der Waals surface area (Å²) in [6, 6.07) is 13.1. The van der Waals surface area contributed by atoms with Crippen LogP contribution in [0.4, 0.5) is 8.78 Å². The van der Waals surface area contributed by atoms with Crippen LogP contribution >= 0.6 is 0 Å². The molecule has 0 amide bonds. The Morgan fingerprint density at radius 1 is 0.730 bits per heavy atom. The van der Waals surface area contributed by atoms with Crippen LogP contribution in [0.2, 0.25) is 0 Å². The zero-order chi connectivity index (χ0) is 45.6. The Kier molecular flexibility index (Phi) is 14.4. The summed E-state index contributed by atoms with van der Waals surface area (Å²) in [7, 11) is -7.69. The lowest BCUT2D eigenvalue weighted by Gasteiger charge is -2.17. The Balaban J connectivity index is 0.000000175. The van der Waals surface area contributed by atoms with E-state index < -0.39 is 43.2 Å². The molecule has 0 aliphatic heterocycles. The van der Waals surface area contributed by atoms with Gasteiger partial charge in [-0.2, -0.15) is 0 Å². The van der Waals surface area contributed by atoms with Crippen LogP contribution in [0.3, 0.4) is 0 Å². The number of carbonyl (C=O) groups is 2. The van der Waals surface area contributed by atoms with Crippen molar-refractivity contribution in [3.63, 3.8) is 0 Å². The molecule has 0 spiro atoms. The van der Waals surface area contributed by atoms with Crippen LogP contribution < -0.4 is 5.14 Å². The molecule has 0 radical (unpaired) electrons. The number of aliphatic carboxylic acids is 1. The van der Waals surface area contributed by atoms with Gasteiger partial charge in [0.2, 0.25) is 9.84 Å². The summed E-state index contributed by atoms with van der Waals surface area (Å²) in [5.41, 5.74) is 5.20. The molecule has 2 saturated carbocycles. The molecule has 2 aromatic carbocycles. The maximum atomic E-state index is 14.3. The Morgan fingerprint density at radius 2 is 1.17 bits per heavy atom. The number of ketones is 1. The van der Waals surface area contributed by atoms with Gasteiger partial charge < -0.3 is 5.11 Å². The van der Waals surface area contributed by atoms with Crippen LogP contribution in [-0.2, 0) is 42.3 Å². The SMILES string of the molecule is CC(C)c1cc(F)cc(-c2cccnc2)c1CC(=O)CS(=O)(=O)c1ncn(C2CC2)n1.CC(C)c1cc(F)cc(-c2cccnc2)c1CC(=O)O.NS(=O)(=O)c1ncn(C2CC2)n1. The molecule has 3 N–H and O–H groups in total. The van der Waals surface area contributed by atoms with Crippen molar-refractivity contribution in [2.75, 3.05) is 5.75 Å². The van der Waals surface area contributed by atoms with Crippen molar-refractivity contribution in [3.05, 3.63) is 120 Å². The summed E-state index contributed by atoms with van der Waals surface area (Å²) < 4.78 is 78.1. The van der Waals surface area contributed by atoms with Gasteiger partial charge in [-0.3, -0.25) is 19.6 Å². The van der Waals surface area contributed by atoms with Crippen LogP contribution in [0, 0.1) is 11.6 Å². The molecular formula is C43H47F2N9O7S2. The molecule has 2 aliphatic carbocycles. The van der Waals surface area contributed by atoms with Gasteiger partial charge in [0.25, 0.3) is 20.3 Å². The zero-order valence-corrected chi connectivity index (χ0v) is 36.6. The van der Waals surface area contributed by atoms with E-state index in [2.05, 4.69) is 30.1 Å². The molecule has 6 aromatic rings. The van der Waals surface area contributed by atoms with E-state index in [1.165, 1.54) is 41.6 Å². The van der Waals surface area contributed by atoms with E-state index in [1.807, 2.05) is 27.7 Å². The average Bonchev–Trinajstić information content (AvgIpc) is 4.16. The van der Waals surface area contributed by atoms with Crippen molar-refractivity contribution >= 4 is 31.6 Å². The normalized spacial score (nSPS) is 13.9. The highest BCUT2D eigenvalue weighted by Crippen LogP contribution is 2.36. The first-order valence-electron chi connectivity index (χ1n) is 20.1. The third-order valence-corrected chi connectivity index (χ3v) is 12.2. The van der Waals surface area contributed by atoms with Gasteiger partial charge in [0.1, 0.15) is 30.0 Å². The van der Waals surface area contributed by atoms with Crippen molar-refractivity contribution in [1.29, 1.82) is 0 Å². The fourth-order valence-corrected chi connectivity index (χ4v) is 8.28. The molecule has 16 nitrogen and oxygen atoms in total. The number of hydrogen-bond acceptors (Lipinski definition) is 12. The van der Waals surface area contributed by atoms with E-state index in [1.54, 1.807) is 53.7 Å². The molecular weight excluding hydrogens is 857 g/mol. The van der Waals surface area contributed by atoms with Gasteiger partial charge in [-0.15, -0.1) is 10.2 Å². The number of sulfonamides is 1. The highest BCUT2D eigenvalue weighted by molar-refractivity contribution is 7.92. The van der Waals surface area contributed by atoms with Crippen molar-refractivity contribution in [1.82, 2.24) is 39.5 Å². The number of sulfone groups is 1. The highest BCUT2D eigenvalue weighted by Gasteiger charge is 2.30. The number of nitrogens with two attached hydrogens (primary N) is 1. The molecule has 2 fully saturated rings. The molecule has 0 bridgehead atoms. The third-order valence-electron chi connectivity index (χ3n) is 10.1. The Hall–Kier alpha value is -6.12. The minimum absolute atomic E-state index is 0.0514. The van der Waals surface area contributed by atoms with Gasteiger partial charge in [-0.25, -0.2) is 50.1 Å². The number of primary sulfonamides is 1. The maximum absolute atomic E-state index is 14.3. The molecule has 332 valence electrons. The number of carboxylic acids is 1. The number of nitrogens with zero attached hydrogens (tertiary/aromatic N) is 8. The first-order chi connectivity index (χ1) is 29.8. The average molecular weight is 904 g/mol. The smallest absolute Gasteiger partial charge is 0.307 e. The third kappa shape index (κ3) is 12.3. The summed E-state index contributed by atoms with van der Waals surface area (Å²) in [6.45, 7) is 7.65. The summed E-state index contributed by atoms with van der Waals surface area (Å²) in [6.07, 6.45) is 12.9. The maximum Gasteiger partial charge on any atom is 0.307 e. The first kappa shape index (κ1) is 46.4. The number of Topliss-reactive ketones (excluding diaryl/α,β-unsaturated/α-hetero) is 1. The van der Waals surface area contributed by atoms with Crippen LogP contribution in [0.5, 0.6) is 0 Å². The standard InChI is InChI=1S/C22H23FN4O3S.C16H16FNO2.C5H8N4O2S/c1-14(2)19-8-16(23)9-20(15-4-3-7-24-11-15)21(19)10-18(28)12-31(29,30)22-25-13-27(26-22)17-5-6-17;1-10(2)13-6-12(17)7-14(15(13)8-16(19)20)11-4-3-5-18-9-11;6-12(10,11)5-7-3-9(8-5)4-1-2-4/h3-4,7-9,11,13-14,17H,5-6,10,12H2,1-2H3;3-7,9-10H,8H2,1-2H3,(H,19,20);3-4H,1-2H2,(H2,6,10,11). The van der Waals surface area contributed by atoms with Crippen molar-refractivity contribution in [2.45, 2.75) is 100 Å². The number of pyridine rings is 2. The fourth-order valence-electron chi connectivity index (χ4n) is 6.80. The van der Waals surface area contributed by atoms with E-state index in [0.29, 0.717) is 39.4 Å². The molecule has 4 heterocycles. The largest absolute Gasteiger partial charge is 0.481 e. The van der Waals surface area contributed by atoms with Gasteiger partial charge >= 0.3 is 5.97 Å². The number of benzene rings is 2. The Bertz CT molecular complexity index is 2810. The van der Waals surface area contributed by atoms with Crippen molar-refractivity contribution < 1.29 is 40.3 Å². The zero-order valence-electron chi connectivity index (χ0n) is 35.0. The van der Waals surface area contributed by atoms with Crippen LogP contribution in [-0.4, -0.2) is 78.9 Å². The molecule has 0 unspecified atom stereocenters. The lowest BCUT2D eigenvalue weighted by molar-refractivity contribution is -0.136. The van der Waals surface area contributed by atoms with E-state index in [9.17, 15) is 35.2 Å². The van der Waals surface area contributed by atoms with E-state index >= 15 is 0 Å². The molecule has 20 heteroatoms. The molecule has 0 atom stereocenters. The van der Waals surface area contributed by atoms with Gasteiger partial charge in [0.15, 0.2) is 5.78 Å². The predicted octanol–water partition coefficient (Wildman–Crippen LogP) is 6.42. The number of carbonyl (C=O) groups excluding carboxylic acids is 1. The first-order valence-corrected chi connectivity index (χ1v) is 23.3. The van der Waals surface area contributed by atoms with Crippen LogP contribution in [0.25, 0.3) is 22.3 Å².